The van der Waals surface area contributed by atoms with Gasteiger partial charge in [-0.3, -0.25) is 38.4 Å². The van der Waals surface area contributed by atoms with Crippen molar-refractivity contribution >= 4 is 47.2 Å². The Morgan fingerprint density at radius 3 is 1.53 bits per heavy atom. The molecule has 8 aliphatic rings. The Morgan fingerprint density at radius 2 is 1.03 bits per heavy atom. The predicted octanol–water partition coefficient (Wildman–Crippen LogP) is 5.56. The molecule has 2 N–H and O–H groups in total. The predicted molar refractivity (Wildman–Crippen MR) is 226 cm³/mol. The number of ketones is 3. The molecule has 8 rings (SSSR count). The van der Waals surface area contributed by atoms with Gasteiger partial charge >= 0.3 is 29.8 Å². The largest absolute Gasteiger partial charge is 0.458 e. The minimum absolute atomic E-state index is 0.0247. The number of aliphatic hydroxyl groups excluding tert-OH is 2. The van der Waals surface area contributed by atoms with Crippen molar-refractivity contribution < 1.29 is 67.5 Å². The van der Waals surface area contributed by atoms with Crippen molar-refractivity contribution in [2.24, 2.45) is 69.0 Å². The lowest BCUT2D eigenvalue weighted by atomic mass is 9.46. The highest BCUT2D eigenvalue weighted by Gasteiger charge is 2.64. The molecule has 0 radical (unpaired) electrons. The third-order valence-electron chi connectivity index (χ3n) is 17.8. The molecular weight excluding hydrogens is 825 g/mol. The van der Waals surface area contributed by atoms with Gasteiger partial charge in [0.15, 0.2) is 17.3 Å². The Morgan fingerprint density at radius 1 is 0.594 bits per heavy atom. The maximum absolute atomic E-state index is 13.5. The van der Waals surface area contributed by atoms with Crippen molar-refractivity contribution in [1.29, 1.82) is 0 Å². The van der Waals surface area contributed by atoms with Gasteiger partial charge in [0.1, 0.15) is 6.61 Å². The number of ether oxygens (including phenoxy) is 4. The average molecular weight is 887 g/mol. The molecule has 8 aliphatic carbocycles. The van der Waals surface area contributed by atoms with Crippen LogP contribution in [0.25, 0.3) is 0 Å². The molecule has 14 nitrogen and oxygen atoms in total. The molecule has 0 aromatic rings. The zero-order valence-electron chi connectivity index (χ0n) is 37.3. The molecule has 0 heterocycles. The Labute approximate surface area is 373 Å². The Balaban J connectivity index is 0.719. The first-order valence-electron chi connectivity index (χ1n) is 23.3. The summed E-state index contributed by atoms with van der Waals surface area (Å²) in [6.07, 6.45) is 14.1. The van der Waals surface area contributed by atoms with Crippen LogP contribution in [0.1, 0.15) is 118 Å². The van der Waals surface area contributed by atoms with E-state index < -0.39 is 102 Å². The maximum Gasteiger partial charge on any atom is 0.317 e. The van der Waals surface area contributed by atoms with E-state index >= 15 is 0 Å². The minimum Gasteiger partial charge on any atom is -0.458 e. The Hall–Kier alpha value is -4.56. The lowest BCUT2D eigenvalue weighted by molar-refractivity contribution is -0.174. The van der Waals surface area contributed by atoms with E-state index in [-0.39, 0.29) is 65.7 Å². The van der Waals surface area contributed by atoms with E-state index in [4.69, 9.17) is 18.9 Å². The molecule has 0 aliphatic heterocycles. The number of esters is 5. The van der Waals surface area contributed by atoms with Crippen molar-refractivity contribution in [2.75, 3.05) is 13.4 Å². The number of carbonyl (C=O) groups is 8. The lowest BCUT2D eigenvalue weighted by Gasteiger charge is -2.58. The van der Waals surface area contributed by atoms with E-state index in [2.05, 4.69) is 20.8 Å². The number of carbonyl (C=O) groups excluding carboxylic acids is 8. The zero-order valence-corrected chi connectivity index (χ0v) is 37.3. The fourth-order valence-electron chi connectivity index (χ4n) is 14.8. The van der Waals surface area contributed by atoms with Crippen molar-refractivity contribution in [2.45, 2.75) is 130 Å². The first-order valence-corrected chi connectivity index (χ1v) is 23.3. The molecule has 0 amide bonds. The number of aliphatic hydroxyl groups is 2. The summed E-state index contributed by atoms with van der Waals surface area (Å²) in [5.74, 6) is -4.81. The second-order valence-electron chi connectivity index (χ2n) is 20.9. The summed E-state index contributed by atoms with van der Waals surface area (Å²) in [5.41, 5.74) is 0.224. The summed E-state index contributed by atoms with van der Waals surface area (Å²) >= 11 is 0. The highest BCUT2D eigenvalue weighted by Crippen LogP contribution is 2.67. The highest BCUT2D eigenvalue weighted by atomic mass is 16.7. The number of hydrogen-bond donors (Lipinski definition) is 2. The summed E-state index contributed by atoms with van der Waals surface area (Å²) in [7, 11) is 0. The van der Waals surface area contributed by atoms with Crippen LogP contribution < -0.4 is 0 Å². The quantitative estimate of drug-likeness (QED) is 0.106. The third-order valence-corrected chi connectivity index (χ3v) is 17.8. The molecule has 0 saturated heterocycles. The molecule has 0 spiro atoms. The molecule has 0 aromatic carbocycles. The number of hydrogen-bond acceptors (Lipinski definition) is 14. The second-order valence-corrected chi connectivity index (χ2v) is 20.9. The van der Waals surface area contributed by atoms with Crippen LogP contribution >= 0.6 is 0 Å². The summed E-state index contributed by atoms with van der Waals surface area (Å²) in [6.45, 7) is 7.03. The maximum atomic E-state index is 13.5. The van der Waals surface area contributed by atoms with Crippen LogP contribution in [0.2, 0.25) is 0 Å². The molecular formula is C50H62O14. The standard InChI is InChI=1S/C50H62O14/c1-47-19-17-29(51)21-27(47)5-7-31-33-9-11-35(49(33,3)23-37(53)44(31)47)39(55)25-61-40(56)13-14-41(57)62-26-63-42(58)15-16-43(59)64-46(60)36-12-10-34-32-8-6-28-22-30(52)18-20-48(28,2)45(32)38(54)24-50(34,36)4/h17-22,31-38,44-45,53-54H,5-16,23-26H2,1-4H3. The highest BCUT2D eigenvalue weighted by molar-refractivity contribution is 6.01. The molecule has 64 heavy (non-hydrogen) atoms. The van der Waals surface area contributed by atoms with Gasteiger partial charge in [0.2, 0.25) is 6.79 Å². The molecule has 6 saturated carbocycles. The summed E-state index contributed by atoms with van der Waals surface area (Å²) in [4.78, 5) is 101. The van der Waals surface area contributed by atoms with E-state index in [0.29, 0.717) is 25.7 Å². The summed E-state index contributed by atoms with van der Waals surface area (Å²) in [5, 5.41) is 23.1. The fraction of sp³-hybridized carbons (Fsp3) is 0.680. The molecule has 14 heteroatoms. The molecule has 14 unspecified atom stereocenters. The molecule has 0 aromatic heterocycles. The summed E-state index contributed by atoms with van der Waals surface area (Å²) < 4.78 is 20.3. The topological polar surface area (TPSA) is 214 Å². The lowest BCUT2D eigenvalue weighted by Crippen LogP contribution is -2.56. The Bertz CT molecular complexity index is 2130. The van der Waals surface area contributed by atoms with Gasteiger partial charge in [-0.25, -0.2) is 0 Å². The normalized spacial score (nSPS) is 40.2. The first kappa shape index (κ1) is 46.0. The number of fused-ring (bicyclic) bond motifs is 10. The van der Waals surface area contributed by atoms with Crippen molar-refractivity contribution in [1.82, 2.24) is 0 Å². The molecule has 6 fully saturated rings. The minimum atomic E-state index is -0.896. The van der Waals surface area contributed by atoms with Gasteiger partial charge in [0.05, 0.1) is 43.8 Å². The van der Waals surface area contributed by atoms with Gasteiger partial charge in [-0.1, -0.05) is 51.0 Å². The van der Waals surface area contributed by atoms with E-state index in [0.717, 1.165) is 49.7 Å². The number of Topliss-reactive ketones (excluding diaryl/α,β-unsaturated/α-hetero) is 1. The van der Waals surface area contributed by atoms with Gasteiger partial charge in [0, 0.05) is 28.6 Å². The van der Waals surface area contributed by atoms with Crippen LogP contribution in [0.4, 0.5) is 0 Å². The van der Waals surface area contributed by atoms with E-state index in [1.54, 1.807) is 24.3 Å². The molecule has 346 valence electrons. The molecule has 0 bridgehead atoms. The van der Waals surface area contributed by atoms with E-state index in [9.17, 15) is 48.6 Å². The van der Waals surface area contributed by atoms with Crippen molar-refractivity contribution in [3.05, 3.63) is 47.6 Å². The van der Waals surface area contributed by atoms with Crippen LogP contribution in [0.5, 0.6) is 0 Å². The van der Waals surface area contributed by atoms with Gasteiger partial charge in [-0.15, -0.1) is 0 Å². The van der Waals surface area contributed by atoms with E-state index in [1.165, 1.54) is 0 Å². The van der Waals surface area contributed by atoms with Crippen LogP contribution in [0.3, 0.4) is 0 Å². The van der Waals surface area contributed by atoms with Gasteiger partial charge in [0.25, 0.3) is 0 Å². The zero-order chi connectivity index (χ0) is 45.9. The Kier molecular flexibility index (Phi) is 12.5. The fourth-order valence-corrected chi connectivity index (χ4v) is 14.8. The smallest absolute Gasteiger partial charge is 0.317 e. The van der Waals surface area contributed by atoms with Crippen LogP contribution in [-0.4, -0.2) is 83.0 Å². The van der Waals surface area contributed by atoms with E-state index in [1.807, 2.05) is 19.1 Å². The second kappa shape index (κ2) is 17.3. The van der Waals surface area contributed by atoms with Crippen molar-refractivity contribution in [3.63, 3.8) is 0 Å². The van der Waals surface area contributed by atoms with Crippen LogP contribution in [0.15, 0.2) is 47.6 Å². The molecule has 14 atom stereocenters. The average Bonchev–Trinajstić information content (AvgIpc) is 3.77. The first-order chi connectivity index (χ1) is 30.3. The van der Waals surface area contributed by atoms with Gasteiger partial charge in [-0.2, -0.15) is 0 Å². The van der Waals surface area contributed by atoms with Gasteiger partial charge in [-0.05, 0) is 123 Å². The summed E-state index contributed by atoms with van der Waals surface area (Å²) in [6, 6.07) is 0. The van der Waals surface area contributed by atoms with Crippen LogP contribution in [-0.2, 0) is 57.3 Å². The number of rotatable bonds is 12. The monoisotopic (exact) mass is 886 g/mol. The van der Waals surface area contributed by atoms with Crippen molar-refractivity contribution in [3.8, 4) is 0 Å². The number of allylic oxidation sites excluding steroid dienone is 8. The third kappa shape index (κ3) is 8.08. The van der Waals surface area contributed by atoms with Gasteiger partial charge < -0.3 is 29.2 Å². The SMILES string of the molecule is CC12C=CC(=O)C=C1CCC1C2C(O)CC2(C)C(C(=O)COC(=O)CCC(=O)OCOC(=O)CCC(=O)OC(=O)C3CCC4C5CCC6=CC(=O)C=CC6(C)C5C(O)CC34C)CCC12. The van der Waals surface area contributed by atoms with Crippen LogP contribution in [0, 0.1) is 69.0 Å².